The summed E-state index contributed by atoms with van der Waals surface area (Å²) >= 11 is 0. The highest BCUT2D eigenvalue weighted by atomic mass is 16.2. The van der Waals surface area contributed by atoms with Crippen molar-refractivity contribution in [1.82, 2.24) is 24.8 Å². The first kappa shape index (κ1) is 18.3. The zero-order chi connectivity index (χ0) is 19.5. The van der Waals surface area contributed by atoms with Gasteiger partial charge in [-0.05, 0) is 37.3 Å². The predicted molar refractivity (Wildman–Crippen MR) is 103 cm³/mol. The van der Waals surface area contributed by atoms with E-state index < -0.39 is 5.56 Å². The molecular formula is C20H23N5O3. The van der Waals surface area contributed by atoms with Gasteiger partial charge in [0.1, 0.15) is 11.4 Å². The number of aromatic nitrogens is 3. The third-order valence-corrected chi connectivity index (χ3v) is 5.42. The Morgan fingerprint density at radius 1 is 1.21 bits per heavy atom. The van der Waals surface area contributed by atoms with Crippen LogP contribution in [-0.4, -0.2) is 62.7 Å². The van der Waals surface area contributed by atoms with E-state index in [0.29, 0.717) is 37.4 Å². The lowest BCUT2D eigenvalue weighted by Gasteiger charge is -2.34. The Morgan fingerprint density at radius 3 is 2.82 bits per heavy atom. The third-order valence-electron chi connectivity index (χ3n) is 5.42. The first-order chi connectivity index (χ1) is 13.6. The van der Waals surface area contributed by atoms with E-state index in [0.717, 1.165) is 25.8 Å². The van der Waals surface area contributed by atoms with Gasteiger partial charge in [0.05, 0.1) is 0 Å². The molecule has 1 atom stereocenters. The van der Waals surface area contributed by atoms with Crippen LogP contribution in [0.5, 0.6) is 0 Å². The fourth-order valence-electron chi connectivity index (χ4n) is 3.97. The van der Waals surface area contributed by atoms with Gasteiger partial charge in [0, 0.05) is 56.8 Å². The molecule has 2 aliphatic heterocycles. The zero-order valence-electron chi connectivity index (χ0n) is 15.6. The highest BCUT2D eigenvalue weighted by Gasteiger charge is 2.29. The van der Waals surface area contributed by atoms with Gasteiger partial charge in [-0.2, -0.15) is 0 Å². The van der Waals surface area contributed by atoms with Crippen molar-refractivity contribution < 1.29 is 9.59 Å². The van der Waals surface area contributed by atoms with Crippen molar-refractivity contribution in [3.8, 4) is 11.4 Å². The molecule has 2 fully saturated rings. The second-order valence-electron chi connectivity index (χ2n) is 7.42. The number of aromatic amines is 1. The van der Waals surface area contributed by atoms with E-state index in [-0.39, 0.29) is 23.3 Å². The number of carbonyl (C=O) groups is 2. The predicted octanol–water partition coefficient (Wildman–Crippen LogP) is 1.31. The van der Waals surface area contributed by atoms with Crippen molar-refractivity contribution in [2.45, 2.75) is 25.7 Å². The average molecular weight is 381 g/mol. The van der Waals surface area contributed by atoms with Crippen molar-refractivity contribution in [3.05, 3.63) is 46.6 Å². The van der Waals surface area contributed by atoms with Gasteiger partial charge in [0.2, 0.25) is 5.91 Å². The standard InChI is InChI=1S/C20H23N5O3/c26-17-6-3-8-24(17)12-14-4-2-9-25(13-14)20(28)16-11-22-18(23-19(16)27)15-5-1-7-21-10-15/h1,5,7,10-11,14H,2-4,6,8-9,12-13H2,(H,22,23,27). The van der Waals surface area contributed by atoms with E-state index in [9.17, 15) is 14.4 Å². The summed E-state index contributed by atoms with van der Waals surface area (Å²) in [5.41, 5.74) is 0.285. The molecule has 0 bridgehead atoms. The number of amides is 2. The molecule has 2 aromatic rings. The van der Waals surface area contributed by atoms with E-state index >= 15 is 0 Å². The summed E-state index contributed by atoms with van der Waals surface area (Å²) in [7, 11) is 0. The van der Waals surface area contributed by atoms with Crippen LogP contribution >= 0.6 is 0 Å². The first-order valence-corrected chi connectivity index (χ1v) is 9.68. The van der Waals surface area contributed by atoms with Crippen LogP contribution in [0, 0.1) is 5.92 Å². The minimum absolute atomic E-state index is 0.0468. The summed E-state index contributed by atoms with van der Waals surface area (Å²) in [5.74, 6) is 0.541. The second kappa shape index (κ2) is 7.92. The molecule has 8 heteroatoms. The number of hydrogen-bond donors (Lipinski definition) is 1. The summed E-state index contributed by atoms with van der Waals surface area (Å²) in [4.78, 5) is 51.8. The van der Waals surface area contributed by atoms with E-state index in [2.05, 4.69) is 15.0 Å². The molecule has 28 heavy (non-hydrogen) atoms. The lowest BCUT2D eigenvalue weighted by molar-refractivity contribution is -0.128. The van der Waals surface area contributed by atoms with Crippen LogP contribution in [0.2, 0.25) is 0 Å². The van der Waals surface area contributed by atoms with Crippen LogP contribution in [0.3, 0.4) is 0 Å². The van der Waals surface area contributed by atoms with Gasteiger partial charge in [-0.25, -0.2) is 4.98 Å². The first-order valence-electron chi connectivity index (χ1n) is 9.68. The lowest BCUT2D eigenvalue weighted by atomic mass is 9.97. The highest BCUT2D eigenvalue weighted by Crippen LogP contribution is 2.21. The quantitative estimate of drug-likeness (QED) is 0.861. The van der Waals surface area contributed by atoms with Crippen LogP contribution in [0.4, 0.5) is 0 Å². The Labute approximate surface area is 162 Å². The molecule has 2 amide bonds. The van der Waals surface area contributed by atoms with Crippen LogP contribution < -0.4 is 5.56 Å². The molecule has 146 valence electrons. The van der Waals surface area contributed by atoms with E-state index in [1.807, 2.05) is 4.90 Å². The molecule has 4 heterocycles. The van der Waals surface area contributed by atoms with Crippen LogP contribution in [-0.2, 0) is 4.79 Å². The topological polar surface area (TPSA) is 99.3 Å². The molecule has 1 unspecified atom stereocenters. The molecule has 2 aliphatic rings. The summed E-state index contributed by atoms with van der Waals surface area (Å²) in [6.45, 7) is 2.68. The molecule has 0 spiro atoms. The van der Waals surface area contributed by atoms with Gasteiger partial charge < -0.3 is 14.8 Å². The Hall–Kier alpha value is -3.03. The number of pyridine rings is 1. The van der Waals surface area contributed by atoms with Crippen molar-refractivity contribution in [1.29, 1.82) is 0 Å². The number of piperidine rings is 1. The smallest absolute Gasteiger partial charge is 0.264 e. The fraction of sp³-hybridized carbons (Fsp3) is 0.450. The Bertz CT molecular complexity index is 927. The number of H-pyrrole nitrogens is 1. The van der Waals surface area contributed by atoms with Gasteiger partial charge >= 0.3 is 0 Å². The normalized spacial score (nSPS) is 19.9. The number of rotatable bonds is 4. The minimum atomic E-state index is -0.448. The Morgan fingerprint density at radius 2 is 2.11 bits per heavy atom. The third kappa shape index (κ3) is 3.81. The summed E-state index contributed by atoms with van der Waals surface area (Å²) in [6.07, 6.45) is 7.99. The second-order valence-corrected chi connectivity index (χ2v) is 7.42. The van der Waals surface area contributed by atoms with Crippen LogP contribution in [0.1, 0.15) is 36.0 Å². The minimum Gasteiger partial charge on any atom is -0.342 e. The fourth-order valence-corrected chi connectivity index (χ4v) is 3.97. The highest BCUT2D eigenvalue weighted by molar-refractivity contribution is 5.93. The molecule has 0 aliphatic carbocycles. The number of nitrogens with zero attached hydrogens (tertiary/aromatic N) is 4. The number of carbonyl (C=O) groups excluding carboxylic acids is 2. The Balaban J connectivity index is 1.46. The molecule has 2 aromatic heterocycles. The molecule has 1 N–H and O–H groups in total. The van der Waals surface area contributed by atoms with E-state index in [1.165, 1.54) is 6.20 Å². The monoisotopic (exact) mass is 381 g/mol. The number of hydrogen-bond acceptors (Lipinski definition) is 5. The maximum atomic E-state index is 12.9. The summed E-state index contributed by atoms with van der Waals surface area (Å²) in [5, 5.41) is 0. The van der Waals surface area contributed by atoms with Gasteiger partial charge in [0.25, 0.3) is 11.5 Å². The molecule has 0 radical (unpaired) electrons. The van der Waals surface area contributed by atoms with Crippen molar-refractivity contribution in [2.24, 2.45) is 5.92 Å². The Kier molecular flexibility index (Phi) is 5.18. The zero-order valence-corrected chi connectivity index (χ0v) is 15.6. The maximum Gasteiger partial charge on any atom is 0.264 e. The van der Waals surface area contributed by atoms with E-state index in [1.54, 1.807) is 29.4 Å². The molecule has 0 saturated carbocycles. The number of nitrogens with one attached hydrogen (secondary N) is 1. The van der Waals surface area contributed by atoms with Crippen molar-refractivity contribution in [2.75, 3.05) is 26.2 Å². The summed E-state index contributed by atoms with van der Waals surface area (Å²) < 4.78 is 0. The molecule has 0 aromatic carbocycles. The average Bonchev–Trinajstić information content (AvgIpc) is 3.13. The van der Waals surface area contributed by atoms with E-state index in [4.69, 9.17) is 0 Å². The SMILES string of the molecule is O=C1CCCN1CC1CCCN(C(=O)c2cnc(-c3cccnc3)[nH]c2=O)C1. The maximum absolute atomic E-state index is 12.9. The van der Waals surface area contributed by atoms with Crippen LogP contribution in [0.15, 0.2) is 35.5 Å². The van der Waals surface area contributed by atoms with Gasteiger partial charge in [-0.15, -0.1) is 0 Å². The molecule has 2 saturated heterocycles. The van der Waals surface area contributed by atoms with Crippen molar-refractivity contribution >= 4 is 11.8 Å². The molecule has 8 nitrogen and oxygen atoms in total. The van der Waals surface area contributed by atoms with Crippen LogP contribution in [0.25, 0.3) is 11.4 Å². The van der Waals surface area contributed by atoms with Crippen molar-refractivity contribution in [3.63, 3.8) is 0 Å². The molecular weight excluding hydrogens is 358 g/mol. The largest absolute Gasteiger partial charge is 0.342 e. The van der Waals surface area contributed by atoms with Gasteiger partial charge in [-0.3, -0.25) is 19.4 Å². The lowest BCUT2D eigenvalue weighted by Crippen LogP contribution is -2.45. The number of likely N-dealkylation sites (tertiary alicyclic amines) is 2. The molecule has 4 rings (SSSR count). The summed E-state index contributed by atoms with van der Waals surface area (Å²) in [6, 6.07) is 3.55. The van der Waals surface area contributed by atoms with Gasteiger partial charge in [0.15, 0.2) is 0 Å². The van der Waals surface area contributed by atoms with Gasteiger partial charge in [-0.1, -0.05) is 0 Å².